The van der Waals surface area contributed by atoms with Gasteiger partial charge in [0.25, 0.3) is 10.2 Å². The SMILES string of the molecule is CCCN(CCC)S(=O)(=O)N1CCN(CC2CCNCC2)CC1.Cl. The Morgan fingerprint density at radius 1 is 1.00 bits per heavy atom. The van der Waals surface area contributed by atoms with E-state index in [9.17, 15) is 8.42 Å². The van der Waals surface area contributed by atoms with Gasteiger partial charge < -0.3 is 10.2 Å². The van der Waals surface area contributed by atoms with E-state index >= 15 is 0 Å². The molecule has 0 aromatic rings. The van der Waals surface area contributed by atoms with Crippen LogP contribution < -0.4 is 5.32 Å². The second-order valence-electron chi connectivity index (χ2n) is 6.80. The van der Waals surface area contributed by atoms with E-state index in [-0.39, 0.29) is 12.4 Å². The third kappa shape index (κ3) is 6.11. The molecule has 0 bridgehead atoms. The number of nitrogens with one attached hydrogen (secondary N) is 1. The molecule has 2 rings (SSSR count). The van der Waals surface area contributed by atoms with Crippen LogP contribution in [0, 0.1) is 5.92 Å². The lowest BCUT2D eigenvalue weighted by molar-refractivity contribution is 0.148. The van der Waals surface area contributed by atoms with Crippen molar-refractivity contribution in [1.29, 1.82) is 0 Å². The Balaban J connectivity index is 0.00000288. The smallest absolute Gasteiger partial charge is 0.282 e. The molecule has 0 radical (unpaired) electrons. The Morgan fingerprint density at radius 3 is 2.04 bits per heavy atom. The first-order valence-electron chi connectivity index (χ1n) is 9.26. The maximum absolute atomic E-state index is 12.8. The Morgan fingerprint density at radius 2 is 1.54 bits per heavy atom. The first-order chi connectivity index (χ1) is 11.1. The molecular weight excluding hydrogens is 348 g/mol. The third-order valence-electron chi connectivity index (χ3n) is 4.90. The van der Waals surface area contributed by atoms with Crippen LogP contribution in [0.4, 0.5) is 0 Å². The molecule has 0 unspecified atom stereocenters. The molecule has 8 heteroatoms. The zero-order valence-electron chi connectivity index (χ0n) is 15.2. The summed E-state index contributed by atoms with van der Waals surface area (Å²) in [6.45, 7) is 11.7. The lowest BCUT2D eigenvalue weighted by Crippen LogP contribution is -2.54. The fourth-order valence-corrected chi connectivity index (χ4v) is 5.35. The maximum Gasteiger partial charge on any atom is 0.282 e. The van der Waals surface area contributed by atoms with Gasteiger partial charge in [0.05, 0.1) is 0 Å². The lowest BCUT2D eigenvalue weighted by atomic mass is 9.97. The van der Waals surface area contributed by atoms with Gasteiger partial charge in [0.15, 0.2) is 0 Å². The number of hydrogen-bond donors (Lipinski definition) is 1. The molecule has 0 aromatic carbocycles. The maximum atomic E-state index is 12.8. The van der Waals surface area contributed by atoms with Crippen molar-refractivity contribution in [2.75, 3.05) is 58.9 Å². The molecule has 1 N–H and O–H groups in total. The molecule has 0 spiro atoms. The van der Waals surface area contributed by atoms with Crippen molar-refractivity contribution in [3.8, 4) is 0 Å². The molecule has 6 nitrogen and oxygen atoms in total. The molecule has 24 heavy (non-hydrogen) atoms. The molecule has 0 atom stereocenters. The minimum atomic E-state index is -3.27. The number of piperazine rings is 1. The van der Waals surface area contributed by atoms with E-state index < -0.39 is 10.2 Å². The van der Waals surface area contributed by atoms with Crippen LogP contribution >= 0.6 is 12.4 Å². The number of rotatable bonds is 8. The van der Waals surface area contributed by atoms with Crippen molar-refractivity contribution >= 4 is 22.6 Å². The molecule has 0 aromatic heterocycles. The highest BCUT2D eigenvalue weighted by Gasteiger charge is 2.32. The largest absolute Gasteiger partial charge is 0.317 e. The van der Waals surface area contributed by atoms with Crippen molar-refractivity contribution < 1.29 is 8.42 Å². The summed E-state index contributed by atoms with van der Waals surface area (Å²) in [5.41, 5.74) is 0. The summed E-state index contributed by atoms with van der Waals surface area (Å²) in [6, 6.07) is 0. The van der Waals surface area contributed by atoms with Gasteiger partial charge in [-0.2, -0.15) is 17.0 Å². The minimum Gasteiger partial charge on any atom is -0.317 e. The van der Waals surface area contributed by atoms with Crippen molar-refractivity contribution in [3.05, 3.63) is 0 Å². The second kappa shape index (κ2) is 10.9. The van der Waals surface area contributed by atoms with Gasteiger partial charge in [-0.3, -0.25) is 0 Å². The minimum absolute atomic E-state index is 0. The Hall–Kier alpha value is 0.0800. The van der Waals surface area contributed by atoms with Crippen LogP contribution in [0.3, 0.4) is 0 Å². The quantitative estimate of drug-likeness (QED) is 0.689. The summed E-state index contributed by atoms with van der Waals surface area (Å²) in [6.07, 6.45) is 4.24. The lowest BCUT2D eigenvalue weighted by Gasteiger charge is -2.38. The molecule has 144 valence electrons. The predicted octanol–water partition coefficient (Wildman–Crippen LogP) is 1.39. The highest BCUT2D eigenvalue weighted by atomic mass is 35.5. The van der Waals surface area contributed by atoms with E-state index in [1.165, 1.54) is 12.8 Å². The summed E-state index contributed by atoms with van der Waals surface area (Å²) >= 11 is 0. The Kier molecular flexibility index (Phi) is 10.1. The number of piperidine rings is 1. The Bertz CT molecular complexity index is 429. The first-order valence-corrected chi connectivity index (χ1v) is 10.7. The van der Waals surface area contributed by atoms with E-state index in [1.807, 2.05) is 13.8 Å². The highest BCUT2D eigenvalue weighted by Crippen LogP contribution is 2.17. The molecule has 2 saturated heterocycles. The van der Waals surface area contributed by atoms with Crippen LogP contribution in [0.2, 0.25) is 0 Å². The van der Waals surface area contributed by atoms with E-state index in [4.69, 9.17) is 0 Å². The molecule has 2 fully saturated rings. The van der Waals surface area contributed by atoms with Gasteiger partial charge in [0.2, 0.25) is 0 Å². The van der Waals surface area contributed by atoms with Crippen molar-refractivity contribution in [2.45, 2.75) is 39.5 Å². The van der Waals surface area contributed by atoms with Crippen LogP contribution in [0.25, 0.3) is 0 Å². The highest BCUT2D eigenvalue weighted by molar-refractivity contribution is 7.86. The monoisotopic (exact) mass is 382 g/mol. The molecule has 0 saturated carbocycles. The summed E-state index contributed by atoms with van der Waals surface area (Å²) in [4.78, 5) is 2.45. The van der Waals surface area contributed by atoms with Crippen molar-refractivity contribution in [2.24, 2.45) is 5.92 Å². The second-order valence-corrected chi connectivity index (χ2v) is 8.73. The van der Waals surface area contributed by atoms with Gasteiger partial charge in [-0.1, -0.05) is 13.8 Å². The molecular formula is C16H35ClN4O2S. The number of nitrogens with zero attached hydrogens (tertiary/aromatic N) is 3. The van der Waals surface area contributed by atoms with Crippen molar-refractivity contribution in [3.63, 3.8) is 0 Å². The Labute approximate surface area is 154 Å². The zero-order chi connectivity index (χ0) is 16.7. The van der Waals surface area contributed by atoms with Gasteiger partial charge >= 0.3 is 0 Å². The predicted molar refractivity (Wildman–Crippen MR) is 102 cm³/mol. The topological polar surface area (TPSA) is 55.9 Å². The molecule has 2 aliphatic rings. The van der Waals surface area contributed by atoms with E-state index in [0.717, 1.165) is 51.5 Å². The fourth-order valence-electron chi connectivity index (χ4n) is 3.58. The van der Waals surface area contributed by atoms with Gasteiger partial charge in [-0.05, 0) is 44.7 Å². The van der Waals surface area contributed by atoms with E-state index in [2.05, 4.69) is 10.2 Å². The standard InChI is InChI=1S/C16H34N4O2S.ClH/c1-3-9-19(10-4-2)23(21,22)20-13-11-18(12-14-20)15-16-5-7-17-8-6-16;/h16-17H,3-15H2,1-2H3;1H. The van der Waals surface area contributed by atoms with Gasteiger partial charge in [-0.25, -0.2) is 0 Å². The summed E-state index contributed by atoms with van der Waals surface area (Å²) < 4.78 is 28.9. The van der Waals surface area contributed by atoms with Gasteiger partial charge in [0, 0.05) is 45.8 Å². The van der Waals surface area contributed by atoms with Crippen molar-refractivity contribution in [1.82, 2.24) is 18.8 Å². The van der Waals surface area contributed by atoms with Gasteiger partial charge in [0.1, 0.15) is 0 Å². The molecule has 0 aliphatic carbocycles. The molecule has 0 amide bonds. The number of halogens is 1. The third-order valence-corrected chi connectivity index (χ3v) is 6.94. The van der Waals surface area contributed by atoms with Crippen LogP contribution in [-0.2, 0) is 10.2 Å². The van der Waals surface area contributed by atoms with Crippen LogP contribution in [0.5, 0.6) is 0 Å². The van der Waals surface area contributed by atoms with Gasteiger partial charge in [-0.15, -0.1) is 12.4 Å². The summed E-state index contributed by atoms with van der Waals surface area (Å²) in [7, 11) is -3.27. The first kappa shape index (κ1) is 22.1. The number of hydrogen-bond acceptors (Lipinski definition) is 4. The normalized spacial score (nSPS) is 21.8. The molecule has 2 heterocycles. The fraction of sp³-hybridized carbons (Fsp3) is 1.00. The van der Waals surface area contributed by atoms with Crippen LogP contribution in [0.15, 0.2) is 0 Å². The average Bonchev–Trinajstić information content (AvgIpc) is 2.56. The van der Waals surface area contributed by atoms with Crippen LogP contribution in [0.1, 0.15) is 39.5 Å². The summed E-state index contributed by atoms with van der Waals surface area (Å²) in [5, 5.41) is 3.40. The summed E-state index contributed by atoms with van der Waals surface area (Å²) in [5.74, 6) is 0.774. The average molecular weight is 383 g/mol. The van der Waals surface area contributed by atoms with E-state index in [0.29, 0.717) is 26.2 Å². The van der Waals surface area contributed by atoms with E-state index in [1.54, 1.807) is 8.61 Å². The molecule has 2 aliphatic heterocycles. The zero-order valence-corrected chi connectivity index (χ0v) is 16.9. The van der Waals surface area contributed by atoms with Crippen LogP contribution in [-0.4, -0.2) is 80.8 Å².